The molecule has 2 aliphatic carbocycles. The van der Waals surface area contributed by atoms with Crippen molar-refractivity contribution in [2.24, 2.45) is 5.92 Å². The van der Waals surface area contributed by atoms with Crippen LogP contribution in [0.15, 0.2) is 30.3 Å². The fraction of sp³-hybridized carbons (Fsp3) is 0.524. The van der Waals surface area contributed by atoms with Gasteiger partial charge in [0.05, 0.1) is 5.69 Å². The summed E-state index contributed by atoms with van der Waals surface area (Å²) in [5.41, 5.74) is 4.12. The normalized spacial score (nSPS) is 22.6. The lowest BCUT2D eigenvalue weighted by atomic mass is 9.86. The van der Waals surface area contributed by atoms with E-state index in [9.17, 15) is 4.79 Å². The van der Waals surface area contributed by atoms with Crippen molar-refractivity contribution in [2.45, 2.75) is 57.9 Å². The molecule has 1 amide bonds. The van der Waals surface area contributed by atoms with Crippen molar-refractivity contribution in [1.82, 2.24) is 14.7 Å². The molecule has 0 radical (unpaired) electrons. The summed E-state index contributed by atoms with van der Waals surface area (Å²) in [5, 5.41) is 4.76. The van der Waals surface area contributed by atoms with Gasteiger partial charge in [0.25, 0.3) is 5.91 Å². The molecule has 0 unspecified atom stereocenters. The van der Waals surface area contributed by atoms with Gasteiger partial charge in [-0.2, -0.15) is 5.10 Å². The van der Waals surface area contributed by atoms with Crippen LogP contribution in [0.5, 0.6) is 0 Å². The molecule has 25 heavy (non-hydrogen) atoms. The van der Waals surface area contributed by atoms with Gasteiger partial charge in [0, 0.05) is 24.3 Å². The zero-order valence-corrected chi connectivity index (χ0v) is 15.2. The van der Waals surface area contributed by atoms with Gasteiger partial charge < -0.3 is 4.90 Å². The van der Waals surface area contributed by atoms with Crippen molar-refractivity contribution in [1.29, 1.82) is 0 Å². The Morgan fingerprint density at radius 2 is 1.84 bits per heavy atom. The Hall–Kier alpha value is -2.10. The minimum atomic E-state index is 0.104. The largest absolute Gasteiger partial charge is 0.337 e. The third-order valence-corrected chi connectivity index (χ3v) is 5.99. The Morgan fingerprint density at radius 3 is 2.56 bits per heavy atom. The summed E-state index contributed by atoms with van der Waals surface area (Å²) in [4.78, 5) is 15.1. The molecule has 2 aliphatic rings. The molecule has 0 saturated heterocycles. The first kappa shape index (κ1) is 16.4. The third kappa shape index (κ3) is 2.99. The summed E-state index contributed by atoms with van der Waals surface area (Å²) in [6.45, 7) is 2.31. The Balaban J connectivity index is 1.63. The highest BCUT2D eigenvalue weighted by atomic mass is 16.2. The number of nitrogens with zero attached hydrogens (tertiary/aromatic N) is 3. The van der Waals surface area contributed by atoms with Crippen molar-refractivity contribution >= 4 is 5.91 Å². The van der Waals surface area contributed by atoms with Gasteiger partial charge >= 0.3 is 0 Å². The lowest BCUT2D eigenvalue weighted by Crippen LogP contribution is -2.39. The van der Waals surface area contributed by atoms with E-state index in [1.54, 1.807) is 0 Å². The fourth-order valence-electron chi connectivity index (χ4n) is 4.35. The van der Waals surface area contributed by atoms with E-state index < -0.39 is 0 Å². The van der Waals surface area contributed by atoms with Crippen LogP contribution in [0.4, 0.5) is 0 Å². The van der Waals surface area contributed by atoms with E-state index in [4.69, 9.17) is 5.10 Å². The number of hydrogen-bond acceptors (Lipinski definition) is 2. The SMILES string of the molecule is CC1CCC(N(C)C(=O)c2nn(-c3ccccc3)c3c2CCC3)CC1. The number of para-hydroxylation sites is 1. The van der Waals surface area contributed by atoms with E-state index in [2.05, 4.69) is 19.1 Å². The fourth-order valence-corrected chi connectivity index (χ4v) is 4.35. The van der Waals surface area contributed by atoms with Crippen molar-refractivity contribution in [3.8, 4) is 5.69 Å². The standard InChI is InChI=1S/C21H27N3O/c1-15-11-13-16(14-12-15)23(2)21(25)20-18-9-6-10-19(18)24(22-20)17-7-4-3-5-8-17/h3-5,7-8,15-16H,6,9-14H2,1-2H3. The van der Waals surface area contributed by atoms with Crippen LogP contribution in [0.1, 0.15) is 60.8 Å². The average Bonchev–Trinajstić information content (AvgIpc) is 3.24. The molecule has 4 rings (SSSR count). The molecule has 0 atom stereocenters. The maximum absolute atomic E-state index is 13.2. The molecule has 4 nitrogen and oxygen atoms in total. The zero-order valence-electron chi connectivity index (χ0n) is 15.2. The molecular weight excluding hydrogens is 310 g/mol. The number of hydrogen-bond donors (Lipinski definition) is 0. The van der Waals surface area contributed by atoms with Crippen molar-refractivity contribution in [2.75, 3.05) is 7.05 Å². The van der Waals surface area contributed by atoms with Crippen LogP contribution < -0.4 is 0 Å². The Kier molecular flexibility index (Phi) is 4.36. The second-order valence-corrected chi connectivity index (χ2v) is 7.70. The van der Waals surface area contributed by atoms with Crippen LogP contribution in [-0.4, -0.2) is 33.7 Å². The van der Waals surface area contributed by atoms with Crippen molar-refractivity contribution in [3.63, 3.8) is 0 Å². The number of carbonyl (C=O) groups excluding carboxylic acids is 1. The maximum atomic E-state index is 13.2. The molecule has 1 fully saturated rings. The van der Waals surface area contributed by atoms with E-state index >= 15 is 0 Å². The van der Waals surface area contributed by atoms with Crippen LogP contribution in [0.3, 0.4) is 0 Å². The maximum Gasteiger partial charge on any atom is 0.274 e. The number of rotatable bonds is 3. The molecule has 0 aliphatic heterocycles. The lowest BCUT2D eigenvalue weighted by molar-refractivity contribution is 0.0672. The zero-order chi connectivity index (χ0) is 17.4. The molecule has 2 aromatic rings. The minimum absolute atomic E-state index is 0.104. The van der Waals surface area contributed by atoms with Gasteiger partial charge in [0.1, 0.15) is 0 Å². The molecule has 0 N–H and O–H groups in total. The van der Waals surface area contributed by atoms with E-state index in [0.29, 0.717) is 11.7 Å². The monoisotopic (exact) mass is 337 g/mol. The quantitative estimate of drug-likeness (QED) is 0.849. The Labute approximate surface area is 149 Å². The third-order valence-electron chi connectivity index (χ3n) is 5.99. The van der Waals surface area contributed by atoms with E-state index in [1.165, 1.54) is 24.1 Å². The first-order chi connectivity index (χ1) is 12.1. The van der Waals surface area contributed by atoms with Crippen LogP contribution in [0.25, 0.3) is 5.69 Å². The van der Waals surface area contributed by atoms with Gasteiger partial charge in [-0.1, -0.05) is 25.1 Å². The molecule has 0 spiro atoms. The Morgan fingerprint density at radius 1 is 1.12 bits per heavy atom. The molecule has 0 bridgehead atoms. The molecule has 1 heterocycles. The van der Waals surface area contributed by atoms with E-state index in [-0.39, 0.29) is 5.91 Å². The summed E-state index contributed by atoms with van der Waals surface area (Å²) < 4.78 is 1.99. The van der Waals surface area contributed by atoms with Gasteiger partial charge in [-0.3, -0.25) is 4.79 Å². The van der Waals surface area contributed by atoms with Gasteiger partial charge in [-0.05, 0) is 63.0 Å². The second kappa shape index (κ2) is 6.66. The summed E-state index contributed by atoms with van der Waals surface area (Å²) in [6, 6.07) is 10.5. The predicted octanol–water partition coefficient (Wildman–Crippen LogP) is 4.01. The number of aromatic nitrogens is 2. The number of fused-ring (bicyclic) bond motifs is 1. The first-order valence-electron chi connectivity index (χ1n) is 9.58. The predicted molar refractivity (Wildman–Crippen MR) is 99.1 cm³/mol. The second-order valence-electron chi connectivity index (χ2n) is 7.70. The van der Waals surface area contributed by atoms with Gasteiger partial charge in [-0.15, -0.1) is 0 Å². The summed E-state index contributed by atoms with van der Waals surface area (Å²) in [7, 11) is 1.96. The lowest BCUT2D eigenvalue weighted by Gasteiger charge is -2.33. The van der Waals surface area contributed by atoms with Gasteiger partial charge in [0.2, 0.25) is 0 Å². The molecule has 1 saturated carbocycles. The highest BCUT2D eigenvalue weighted by Gasteiger charge is 2.31. The molecular formula is C21H27N3O. The van der Waals surface area contributed by atoms with Crippen molar-refractivity contribution in [3.05, 3.63) is 47.3 Å². The summed E-state index contributed by atoms with van der Waals surface area (Å²) in [5.74, 6) is 0.897. The summed E-state index contributed by atoms with van der Waals surface area (Å²) in [6.07, 6.45) is 7.77. The number of benzene rings is 1. The topological polar surface area (TPSA) is 38.1 Å². The number of amides is 1. The van der Waals surface area contributed by atoms with Crippen LogP contribution in [0.2, 0.25) is 0 Å². The van der Waals surface area contributed by atoms with Crippen LogP contribution in [0, 0.1) is 5.92 Å². The highest BCUT2D eigenvalue weighted by Crippen LogP contribution is 2.31. The first-order valence-corrected chi connectivity index (χ1v) is 9.58. The van der Waals surface area contributed by atoms with Crippen LogP contribution in [-0.2, 0) is 12.8 Å². The highest BCUT2D eigenvalue weighted by molar-refractivity contribution is 5.94. The molecule has 1 aromatic carbocycles. The Bertz CT molecular complexity index is 757. The smallest absolute Gasteiger partial charge is 0.274 e. The van der Waals surface area contributed by atoms with E-state index in [0.717, 1.165) is 43.7 Å². The van der Waals surface area contributed by atoms with E-state index in [1.807, 2.05) is 34.8 Å². The van der Waals surface area contributed by atoms with Crippen molar-refractivity contribution < 1.29 is 4.79 Å². The van der Waals surface area contributed by atoms with Gasteiger partial charge in [-0.25, -0.2) is 4.68 Å². The summed E-state index contributed by atoms with van der Waals surface area (Å²) >= 11 is 0. The number of carbonyl (C=O) groups is 1. The average molecular weight is 337 g/mol. The minimum Gasteiger partial charge on any atom is -0.337 e. The molecule has 1 aromatic heterocycles. The molecule has 4 heteroatoms. The molecule has 132 valence electrons. The van der Waals surface area contributed by atoms with Gasteiger partial charge in [0.15, 0.2) is 5.69 Å². The van der Waals surface area contributed by atoms with Crippen LogP contribution >= 0.6 is 0 Å².